The van der Waals surface area contributed by atoms with Gasteiger partial charge in [-0.15, -0.1) is 5.10 Å². The van der Waals surface area contributed by atoms with Crippen molar-refractivity contribution >= 4 is 5.82 Å². The van der Waals surface area contributed by atoms with Crippen LogP contribution in [-0.4, -0.2) is 27.7 Å². The number of aryl methyl sites for hydroxylation is 1. The van der Waals surface area contributed by atoms with Gasteiger partial charge in [0, 0.05) is 7.11 Å². The highest BCUT2D eigenvalue weighted by Gasteiger charge is 2.16. The van der Waals surface area contributed by atoms with E-state index >= 15 is 0 Å². The lowest BCUT2D eigenvalue weighted by Crippen LogP contribution is -2.25. The third-order valence-corrected chi connectivity index (χ3v) is 2.02. The van der Waals surface area contributed by atoms with Crippen LogP contribution in [0.15, 0.2) is 6.20 Å². The molecule has 0 saturated carbocycles. The Bertz CT molecular complexity index is 269. The molecule has 1 aromatic rings. The summed E-state index contributed by atoms with van der Waals surface area (Å²) in [4.78, 5) is 1.58. The van der Waals surface area contributed by atoms with E-state index in [1.165, 1.54) is 0 Å². The number of anilines is 1. The van der Waals surface area contributed by atoms with E-state index in [2.05, 4.69) is 10.2 Å². The minimum Gasteiger partial charge on any atom is -0.381 e. The SMILES string of the molecule is COC(C)(C)CCn1ncc(N)n1. The minimum atomic E-state index is -0.137. The van der Waals surface area contributed by atoms with Crippen molar-refractivity contribution in [2.45, 2.75) is 32.4 Å². The third-order valence-electron chi connectivity index (χ3n) is 2.02. The Hall–Kier alpha value is -1.10. The lowest BCUT2D eigenvalue weighted by Gasteiger charge is -2.21. The fourth-order valence-corrected chi connectivity index (χ4v) is 0.890. The van der Waals surface area contributed by atoms with E-state index in [0.29, 0.717) is 5.82 Å². The third kappa shape index (κ3) is 3.02. The fourth-order valence-electron chi connectivity index (χ4n) is 0.890. The zero-order chi connectivity index (χ0) is 9.90. The Morgan fingerprint density at radius 2 is 2.31 bits per heavy atom. The van der Waals surface area contributed by atoms with Gasteiger partial charge in [0.25, 0.3) is 0 Å². The molecule has 0 aromatic carbocycles. The molecule has 5 nitrogen and oxygen atoms in total. The first-order valence-corrected chi connectivity index (χ1v) is 4.24. The van der Waals surface area contributed by atoms with Gasteiger partial charge in [-0.1, -0.05) is 0 Å². The maximum absolute atomic E-state index is 5.42. The summed E-state index contributed by atoms with van der Waals surface area (Å²) in [7, 11) is 1.70. The summed E-state index contributed by atoms with van der Waals surface area (Å²) in [5, 5.41) is 7.95. The van der Waals surface area contributed by atoms with E-state index in [1.807, 2.05) is 13.8 Å². The summed E-state index contributed by atoms with van der Waals surface area (Å²) < 4.78 is 5.27. The molecule has 0 aliphatic heterocycles. The second-order valence-corrected chi connectivity index (χ2v) is 3.58. The van der Waals surface area contributed by atoms with Crippen molar-refractivity contribution in [1.29, 1.82) is 0 Å². The predicted molar refractivity (Wildman–Crippen MR) is 50.1 cm³/mol. The average Bonchev–Trinajstić information content (AvgIpc) is 2.48. The van der Waals surface area contributed by atoms with Gasteiger partial charge in [0.1, 0.15) is 0 Å². The van der Waals surface area contributed by atoms with Crippen LogP contribution in [0.5, 0.6) is 0 Å². The summed E-state index contributed by atoms with van der Waals surface area (Å²) in [6.45, 7) is 4.78. The van der Waals surface area contributed by atoms with Gasteiger partial charge >= 0.3 is 0 Å². The number of hydrogen-bond donors (Lipinski definition) is 1. The number of rotatable bonds is 4. The number of nitrogens with zero attached hydrogens (tertiary/aromatic N) is 3. The molecule has 0 radical (unpaired) electrons. The maximum Gasteiger partial charge on any atom is 0.165 e. The molecule has 0 spiro atoms. The van der Waals surface area contributed by atoms with Crippen LogP contribution in [-0.2, 0) is 11.3 Å². The second-order valence-electron chi connectivity index (χ2n) is 3.58. The molecule has 0 aliphatic rings. The number of ether oxygens (including phenoxy) is 1. The second kappa shape index (κ2) is 3.74. The first kappa shape index (κ1) is 9.98. The van der Waals surface area contributed by atoms with Crippen molar-refractivity contribution in [2.75, 3.05) is 12.8 Å². The molecule has 13 heavy (non-hydrogen) atoms. The molecule has 74 valence electrons. The van der Waals surface area contributed by atoms with Gasteiger partial charge in [0.15, 0.2) is 5.82 Å². The summed E-state index contributed by atoms with van der Waals surface area (Å²) >= 11 is 0. The Kier molecular flexibility index (Phi) is 2.87. The van der Waals surface area contributed by atoms with Crippen molar-refractivity contribution in [3.8, 4) is 0 Å². The van der Waals surface area contributed by atoms with E-state index < -0.39 is 0 Å². The topological polar surface area (TPSA) is 66.0 Å². The lowest BCUT2D eigenvalue weighted by molar-refractivity contribution is 0.0104. The summed E-state index contributed by atoms with van der Waals surface area (Å²) in [5.74, 6) is 0.454. The number of methoxy groups -OCH3 is 1. The number of nitrogen functional groups attached to an aromatic ring is 1. The Morgan fingerprint density at radius 1 is 1.62 bits per heavy atom. The lowest BCUT2D eigenvalue weighted by atomic mass is 10.1. The molecule has 5 heteroatoms. The van der Waals surface area contributed by atoms with E-state index in [0.717, 1.165) is 13.0 Å². The quantitative estimate of drug-likeness (QED) is 0.747. The van der Waals surface area contributed by atoms with Crippen LogP contribution in [0.2, 0.25) is 0 Å². The monoisotopic (exact) mass is 184 g/mol. The minimum absolute atomic E-state index is 0.137. The predicted octanol–water partition coefficient (Wildman–Crippen LogP) is 0.675. The molecule has 0 amide bonds. The molecule has 1 heterocycles. The van der Waals surface area contributed by atoms with Gasteiger partial charge < -0.3 is 10.5 Å². The summed E-state index contributed by atoms with van der Waals surface area (Å²) in [5.41, 5.74) is 5.29. The molecule has 2 N–H and O–H groups in total. The van der Waals surface area contributed by atoms with Crippen molar-refractivity contribution in [1.82, 2.24) is 15.0 Å². The van der Waals surface area contributed by atoms with Crippen LogP contribution in [0.3, 0.4) is 0 Å². The molecule has 1 rings (SSSR count). The Morgan fingerprint density at radius 3 is 2.77 bits per heavy atom. The molecule has 0 saturated heterocycles. The van der Waals surface area contributed by atoms with E-state index in [4.69, 9.17) is 10.5 Å². The van der Waals surface area contributed by atoms with Gasteiger partial charge in [-0.2, -0.15) is 9.90 Å². The first-order valence-electron chi connectivity index (χ1n) is 4.24. The van der Waals surface area contributed by atoms with Crippen LogP contribution in [0.25, 0.3) is 0 Å². The van der Waals surface area contributed by atoms with Crippen LogP contribution < -0.4 is 5.73 Å². The highest BCUT2D eigenvalue weighted by Crippen LogP contribution is 2.13. The van der Waals surface area contributed by atoms with Gasteiger partial charge in [-0.25, -0.2) is 0 Å². The first-order chi connectivity index (χ1) is 6.03. The molecule has 0 bridgehead atoms. The van der Waals surface area contributed by atoms with Crippen LogP contribution >= 0.6 is 0 Å². The summed E-state index contributed by atoms with van der Waals surface area (Å²) in [6, 6.07) is 0. The van der Waals surface area contributed by atoms with E-state index in [1.54, 1.807) is 18.1 Å². The molecular weight excluding hydrogens is 168 g/mol. The normalized spacial score (nSPS) is 11.9. The standard InChI is InChI=1S/C8H16N4O/c1-8(2,13-3)4-5-12-10-6-7(9)11-12/h6H,4-5H2,1-3H3,(H2,9,11). The van der Waals surface area contributed by atoms with Crippen molar-refractivity contribution in [3.63, 3.8) is 0 Å². The van der Waals surface area contributed by atoms with Gasteiger partial charge in [-0.05, 0) is 20.3 Å². The zero-order valence-electron chi connectivity index (χ0n) is 8.32. The van der Waals surface area contributed by atoms with Gasteiger partial charge in [0.2, 0.25) is 0 Å². The van der Waals surface area contributed by atoms with Crippen molar-refractivity contribution < 1.29 is 4.74 Å². The van der Waals surface area contributed by atoms with Crippen LogP contribution in [0.4, 0.5) is 5.82 Å². The van der Waals surface area contributed by atoms with Crippen LogP contribution in [0.1, 0.15) is 20.3 Å². The number of hydrogen-bond acceptors (Lipinski definition) is 4. The average molecular weight is 184 g/mol. The zero-order valence-corrected chi connectivity index (χ0v) is 8.32. The highest BCUT2D eigenvalue weighted by atomic mass is 16.5. The number of aromatic nitrogens is 3. The van der Waals surface area contributed by atoms with E-state index in [-0.39, 0.29) is 5.60 Å². The Balaban J connectivity index is 2.43. The smallest absolute Gasteiger partial charge is 0.165 e. The molecular formula is C8H16N4O. The molecule has 0 atom stereocenters. The van der Waals surface area contributed by atoms with Gasteiger partial charge in [0.05, 0.1) is 18.3 Å². The van der Waals surface area contributed by atoms with Gasteiger partial charge in [-0.3, -0.25) is 0 Å². The molecule has 0 fully saturated rings. The van der Waals surface area contributed by atoms with E-state index in [9.17, 15) is 0 Å². The highest BCUT2D eigenvalue weighted by molar-refractivity contribution is 5.19. The molecule has 0 aliphatic carbocycles. The maximum atomic E-state index is 5.42. The summed E-state index contributed by atoms with van der Waals surface area (Å²) in [6.07, 6.45) is 2.40. The van der Waals surface area contributed by atoms with Crippen molar-refractivity contribution in [3.05, 3.63) is 6.20 Å². The molecule has 1 aromatic heterocycles. The Labute approximate surface area is 77.9 Å². The fraction of sp³-hybridized carbons (Fsp3) is 0.750. The van der Waals surface area contributed by atoms with Crippen molar-refractivity contribution in [2.24, 2.45) is 0 Å². The van der Waals surface area contributed by atoms with Crippen LogP contribution in [0, 0.1) is 0 Å². The number of nitrogens with two attached hydrogens (primary N) is 1. The molecule has 0 unspecified atom stereocenters. The largest absolute Gasteiger partial charge is 0.381 e.